The molecule has 7 nitrogen and oxygen atoms in total. The maximum atomic E-state index is 12.8. The van der Waals surface area contributed by atoms with Crippen LogP contribution in [0.5, 0.6) is 0 Å². The minimum Gasteiger partial charge on any atom is -0.459 e. The number of ether oxygens (including phenoxy) is 1. The third kappa shape index (κ3) is 5.03. The van der Waals surface area contributed by atoms with Gasteiger partial charge in [0, 0.05) is 17.3 Å². The van der Waals surface area contributed by atoms with Crippen molar-refractivity contribution in [3.63, 3.8) is 0 Å². The largest absolute Gasteiger partial charge is 0.459 e. The van der Waals surface area contributed by atoms with E-state index in [2.05, 4.69) is 22.1 Å². The average Bonchev–Trinajstić information content (AvgIpc) is 3.39. The van der Waals surface area contributed by atoms with Crippen molar-refractivity contribution in [2.45, 2.75) is 76.1 Å². The molecule has 2 aromatic rings. The predicted molar refractivity (Wildman–Crippen MR) is 123 cm³/mol. The van der Waals surface area contributed by atoms with Crippen molar-refractivity contribution in [3.8, 4) is 0 Å². The summed E-state index contributed by atoms with van der Waals surface area (Å²) in [6, 6.07) is 0. The first-order valence-corrected chi connectivity index (χ1v) is 12.6. The van der Waals surface area contributed by atoms with Crippen LogP contribution in [-0.2, 0) is 28.9 Å². The lowest BCUT2D eigenvalue weighted by atomic mass is 9.95. The summed E-state index contributed by atoms with van der Waals surface area (Å²) in [5, 5.41) is 12.9. The SMILES string of the molecule is C=CCn1c(SCC(=O)Nc2sc3c(c2C(=O)OC(C)C)CCCC3)nnc1C1CC1. The summed E-state index contributed by atoms with van der Waals surface area (Å²) >= 11 is 2.86. The molecule has 1 N–H and O–H groups in total. The minimum absolute atomic E-state index is 0.164. The van der Waals surface area contributed by atoms with Gasteiger partial charge in [0.05, 0.1) is 17.4 Å². The maximum absolute atomic E-state index is 12.8. The van der Waals surface area contributed by atoms with Crippen molar-refractivity contribution in [1.82, 2.24) is 14.8 Å². The molecule has 31 heavy (non-hydrogen) atoms. The molecule has 0 unspecified atom stereocenters. The molecule has 0 saturated heterocycles. The molecule has 2 heterocycles. The Morgan fingerprint density at radius 1 is 1.32 bits per heavy atom. The van der Waals surface area contributed by atoms with E-state index in [0.717, 1.165) is 55.1 Å². The van der Waals surface area contributed by atoms with Crippen molar-refractivity contribution in [2.24, 2.45) is 0 Å². The van der Waals surface area contributed by atoms with Gasteiger partial charge < -0.3 is 14.6 Å². The van der Waals surface area contributed by atoms with E-state index in [-0.39, 0.29) is 23.7 Å². The fourth-order valence-electron chi connectivity index (χ4n) is 3.79. The molecule has 2 aliphatic rings. The van der Waals surface area contributed by atoms with Gasteiger partial charge in [0.2, 0.25) is 5.91 Å². The zero-order chi connectivity index (χ0) is 22.0. The summed E-state index contributed by atoms with van der Waals surface area (Å²) in [5.41, 5.74) is 1.59. The molecule has 4 rings (SSSR count). The molecule has 1 fully saturated rings. The van der Waals surface area contributed by atoms with Gasteiger partial charge in [-0.05, 0) is 57.9 Å². The number of hydrogen-bond acceptors (Lipinski definition) is 7. The number of hydrogen-bond donors (Lipinski definition) is 1. The van der Waals surface area contributed by atoms with Gasteiger partial charge in [0.1, 0.15) is 10.8 Å². The van der Waals surface area contributed by atoms with Crippen LogP contribution >= 0.6 is 23.1 Å². The summed E-state index contributed by atoms with van der Waals surface area (Å²) < 4.78 is 7.51. The number of thioether (sulfide) groups is 1. The Hall–Kier alpha value is -2.13. The standard InChI is InChI=1S/C22H28N4O3S2/c1-4-11-26-19(14-9-10-14)24-25-22(26)30-12-17(27)23-20-18(21(28)29-13(2)3)15-7-5-6-8-16(15)31-20/h4,13-14H,1,5-12H2,2-3H3,(H,23,27). The summed E-state index contributed by atoms with van der Waals surface area (Å²) in [7, 11) is 0. The number of fused-ring (bicyclic) bond motifs is 1. The normalized spacial score (nSPS) is 15.6. The highest BCUT2D eigenvalue weighted by molar-refractivity contribution is 7.99. The zero-order valence-corrected chi connectivity index (χ0v) is 19.6. The van der Waals surface area contributed by atoms with E-state index in [1.165, 1.54) is 28.0 Å². The Balaban J connectivity index is 1.47. The number of nitrogens with zero attached hydrogens (tertiary/aromatic N) is 3. The third-order valence-corrected chi connectivity index (χ3v) is 7.48. The Kier molecular flexibility index (Phi) is 6.81. The highest BCUT2D eigenvalue weighted by Crippen LogP contribution is 2.40. The highest BCUT2D eigenvalue weighted by atomic mass is 32.2. The van der Waals surface area contributed by atoms with Crippen LogP contribution in [0.3, 0.4) is 0 Å². The van der Waals surface area contributed by atoms with Gasteiger partial charge in [-0.3, -0.25) is 4.79 Å². The van der Waals surface area contributed by atoms with Crippen LogP contribution in [0.4, 0.5) is 5.00 Å². The molecule has 0 bridgehead atoms. The van der Waals surface area contributed by atoms with Gasteiger partial charge in [-0.1, -0.05) is 17.8 Å². The number of carbonyl (C=O) groups is 2. The summed E-state index contributed by atoms with van der Waals surface area (Å²) in [6.45, 7) is 8.12. The smallest absolute Gasteiger partial charge is 0.341 e. The van der Waals surface area contributed by atoms with Gasteiger partial charge >= 0.3 is 5.97 Å². The molecule has 0 radical (unpaired) electrons. The van der Waals surface area contributed by atoms with Gasteiger partial charge in [0.25, 0.3) is 0 Å². The van der Waals surface area contributed by atoms with Gasteiger partial charge in [-0.2, -0.15) is 0 Å². The molecule has 2 aliphatic carbocycles. The summed E-state index contributed by atoms with van der Waals surface area (Å²) in [4.78, 5) is 26.7. The van der Waals surface area contributed by atoms with E-state index < -0.39 is 0 Å². The van der Waals surface area contributed by atoms with Crippen molar-refractivity contribution < 1.29 is 14.3 Å². The fraction of sp³-hybridized carbons (Fsp3) is 0.545. The van der Waals surface area contributed by atoms with Crippen LogP contribution in [0, 0.1) is 0 Å². The Morgan fingerprint density at radius 3 is 2.81 bits per heavy atom. The van der Waals surface area contributed by atoms with Crippen LogP contribution in [0.25, 0.3) is 0 Å². The van der Waals surface area contributed by atoms with Crippen LogP contribution in [0.2, 0.25) is 0 Å². The molecule has 0 atom stereocenters. The first-order chi connectivity index (χ1) is 15.0. The van der Waals surface area contributed by atoms with Crippen LogP contribution in [0.1, 0.15) is 72.1 Å². The topological polar surface area (TPSA) is 86.1 Å². The number of amides is 1. The van der Waals surface area contributed by atoms with Crippen molar-refractivity contribution in [3.05, 3.63) is 34.5 Å². The second-order valence-electron chi connectivity index (χ2n) is 8.22. The number of thiophene rings is 1. The number of esters is 1. The van der Waals surface area contributed by atoms with Crippen LogP contribution in [0.15, 0.2) is 17.8 Å². The van der Waals surface area contributed by atoms with Gasteiger partial charge in [-0.25, -0.2) is 4.79 Å². The Bertz CT molecular complexity index is 991. The number of aromatic nitrogens is 3. The van der Waals surface area contributed by atoms with E-state index in [1.54, 1.807) is 0 Å². The van der Waals surface area contributed by atoms with E-state index in [4.69, 9.17) is 4.74 Å². The molecule has 1 saturated carbocycles. The minimum atomic E-state index is -0.350. The molecule has 9 heteroatoms. The van der Waals surface area contributed by atoms with Crippen molar-refractivity contribution in [1.29, 1.82) is 0 Å². The Morgan fingerprint density at radius 2 is 2.10 bits per heavy atom. The molecule has 166 valence electrons. The predicted octanol–water partition coefficient (Wildman–Crippen LogP) is 4.58. The number of carbonyl (C=O) groups excluding carboxylic acids is 2. The van der Waals surface area contributed by atoms with Gasteiger partial charge in [-0.15, -0.1) is 28.1 Å². The summed E-state index contributed by atoms with van der Waals surface area (Å²) in [5.74, 6) is 1.14. The second-order valence-corrected chi connectivity index (χ2v) is 10.3. The monoisotopic (exact) mass is 460 g/mol. The maximum Gasteiger partial charge on any atom is 0.341 e. The van der Waals surface area contributed by atoms with Gasteiger partial charge in [0.15, 0.2) is 5.16 Å². The third-order valence-electron chi connectivity index (χ3n) is 5.30. The molecular weight excluding hydrogens is 432 g/mol. The summed E-state index contributed by atoms with van der Waals surface area (Å²) in [6.07, 6.45) is 7.85. The molecule has 0 aromatic carbocycles. The molecule has 0 spiro atoms. The number of allylic oxidation sites excluding steroid dienone is 1. The lowest BCUT2D eigenvalue weighted by molar-refractivity contribution is -0.113. The van der Waals surface area contributed by atoms with E-state index in [1.807, 2.05) is 24.5 Å². The van der Waals surface area contributed by atoms with Crippen molar-refractivity contribution >= 4 is 40.0 Å². The molecule has 1 amide bonds. The first-order valence-electron chi connectivity index (χ1n) is 10.8. The first kappa shape index (κ1) is 22.1. The number of aryl methyl sites for hydroxylation is 1. The van der Waals surface area contributed by atoms with Crippen LogP contribution < -0.4 is 5.32 Å². The Labute approximate surface area is 190 Å². The number of nitrogens with one attached hydrogen (secondary N) is 1. The lowest BCUT2D eigenvalue weighted by Crippen LogP contribution is -2.19. The average molecular weight is 461 g/mol. The number of anilines is 1. The van der Waals surface area contributed by atoms with E-state index in [9.17, 15) is 9.59 Å². The second kappa shape index (κ2) is 9.56. The van der Waals surface area contributed by atoms with E-state index in [0.29, 0.717) is 23.0 Å². The quantitative estimate of drug-likeness (QED) is 0.335. The highest BCUT2D eigenvalue weighted by Gasteiger charge is 2.31. The molecule has 2 aromatic heterocycles. The van der Waals surface area contributed by atoms with Crippen LogP contribution in [-0.4, -0.2) is 38.5 Å². The zero-order valence-electron chi connectivity index (χ0n) is 18.0. The molecule has 0 aliphatic heterocycles. The lowest BCUT2D eigenvalue weighted by Gasteiger charge is -2.14. The fourth-order valence-corrected chi connectivity index (χ4v) is 5.84. The molecular formula is C22H28N4O3S2. The number of rotatable bonds is 9. The van der Waals surface area contributed by atoms with E-state index >= 15 is 0 Å². The van der Waals surface area contributed by atoms with Crippen molar-refractivity contribution in [2.75, 3.05) is 11.1 Å².